The summed E-state index contributed by atoms with van der Waals surface area (Å²) in [6.07, 6.45) is 0. The van der Waals surface area contributed by atoms with Crippen LogP contribution in [-0.4, -0.2) is 16.8 Å². The fraction of sp³-hybridized carbons (Fsp3) is 0.182. The van der Waals surface area contributed by atoms with Crippen LogP contribution in [0.3, 0.4) is 0 Å². The van der Waals surface area contributed by atoms with Crippen LogP contribution in [-0.2, 0) is 0 Å². The largest absolute Gasteiger partial charge is 0.476 e. The van der Waals surface area contributed by atoms with Gasteiger partial charge in [-0.05, 0) is 6.92 Å². The van der Waals surface area contributed by atoms with Crippen molar-refractivity contribution in [2.45, 2.75) is 6.92 Å². The number of aromatic nitrogens is 2. The summed E-state index contributed by atoms with van der Waals surface area (Å²) in [6, 6.07) is 9.79. The van der Waals surface area contributed by atoms with Gasteiger partial charge in [-0.15, -0.1) is 5.10 Å². The van der Waals surface area contributed by atoms with Gasteiger partial charge in [0.2, 0.25) is 0 Å². The molecule has 0 unspecified atom stereocenters. The first kappa shape index (κ1) is 10.1. The van der Waals surface area contributed by atoms with Crippen molar-refractivity contribution < 1.29 is 4.74 Å². The normalized spacial score (nSPS) is 10.3. The molecule has 0 saturated heterocycles. The van der Waals surface area contributed by atoms with E-state index in [1.165, 1.54) is 0 Å². The third-order valence-electron chi connectivity index (χ3n) is 2.02. The van der Waals surface area contributed by atoms with Gasteiger partial charge in [0.05, 0.1) is 12.3 Å². The lowest BCUT2D eigenvalue weighted by Gasteiger charge is -1.98. The zero-order valence-corrected chi connectivity index (χ0v) is 9.08. The van der Waals surface area contributed by atoms with Crippen molar-refractivity contribution in [1.82, 2.24) is 10.2 Å². The lowest BCUT2D eigenvalue weighted by atomic mass is 10.2. The number of ether oxygens (including phenoxy) is 1. The van der Waals surface area contributed by atoms with E-state index in [4.69, 9.17) is 16.3 Å². The van der Waals surface area contributed by atoms with Crippen molar-refractivity contribution in [3.05, 3.63) is 35.4 Å². The maximum Gasteiger partial charge on any atom is 0.252 e. The van der Waals surface area contributed by atoms with Gasteiger partial charge in [-0.3, -0.25) is 5.10 Å². The van der Waals surface area contributed by atoms with Crippen LogP contribution in [0.1, 0.15) is 6.92 Å². The first-order chi connectivity index (χ1) is 7.33. The minimum absolute atomic E-state index is 0.456. The Labute approximate surface area is 93.0 Å². The van der Waals surface area contributed by atoms with Gasteiger partial charge in [-0.1, -0.05) is 41.9 Å². The zero-order chi connectivity index (χ0) is 10.7. The van der Waals surface area contributed by atoms with Crippen LogP contribution in [0.4, 0.5) is 0 Å². The van der Waals surface area contributed by atoms with Crippen LogP contribution in [0.25, 0.3) is 11.3 Å². The molecule has 0 aliphatic carbocycles. The second kappa shape index (κ2) is 4.36. The minimum atomic E-state index is 0.456. The summed E-state index contributed by atoms with van der Waals surface area (Å²) < 4.78 is 5.26. The Balaban J connectivity index is 2.38. The third kappa shape index (κ3) is 1.97. The Bertz CT molecular complexity index is 439. The van der Waals surface area contributed by atoms with E-state index in [-0.39, 0.29) is 0 Å². The van der Waals surface area contributed by atoms with Gasteiger partial charge in [0.1, 0.15) is 5.02 Å². The Kier molecular flexibility index (Phi) is 2.92. The topological polar surface area (TPSA) is 37.9 Å². The predicted octanol–water partition coefficient (Wildman–Crippen LogP) is 3.13. The van der Waals surface area contributed by atoms with E-state index in [0.29, 0.717) is 17.5 Å². The number of rotatable bonds is 3. The summed E-state index contributed by atoms with van der Waals surface area (Å²) in [5, 5.41) is 7.40. The number of benzene rings is 1. The molecule has 0 spiro atoms. The molecule has 0 amide bonds. The summed E-state index contributed by atoms with van der Waals surface area (Å²) in [7, 11) is 0. The van der Waals surface area contributed by atoms with Crippen LogP contribution in [0, 0.1) is 0 Å². The fourth-order valence-corrected chi connectivity index (χ4v) is 1.59. The second-order valence-electron chi connectivity index (χ2n) is 3.02. The molecule has 3 nitrogen and oxygen atoms in total. The Hall–Kier alpha value is -1.48. The average Bonchev–Trinajstić information content (AvgIpc) is 2.63. The van der Waals surface area contributed by atoms with Gasteiger partial charge in [-0.25, -0.2) is 0 Å². The smallest absolute Gasteiger partial charge is 0.252 e. The molecule has 1 aromatic carbocycles. The zero-order valence-electron chi connectivity index (χ0n) is 8.33. The number of H-pyrrole nitrogens is 1. The van der Waals surface area contributed by atoms with E-state index in [2.05, 4.69) is 10.2 Å². The van der Waals surface area contributed by atoms with Gasteiger partial charge in [0, 0.05) is 5.56 Å². The summed E-state index contributed by atoms with van der Waals surface area (Å²) >= 11 is 6.12. The molecule has 78 valence electrons. The molecule has 0 radical (unpaired) electrons. The molecule has 0 aliphatic rings. The molecule has 1 N–H and O–H groups in total. The number of halogens is 1. The van der Waals surface area contributed by atoms with E-state index in [0.717, 1.165) is 11.3 Å². The third-order valence-corrected chi connectivity index (χ3v) is 2.37. The molecule has 0 fully saturated rings. The lowest BCUT2D eigenvalue weighted by Crippen LogP contribution is -1.91. The summed E-state index contributed by atoms with van der Waals surface area (Å²) in [6.45, 7) is 2.45. The van der Waals surface area contributed by atoms with Crippen molar-refractivity contribution in [3.63, 3.8) is 0 Å². The van der Waals surface area contributed by atoms with Crippen molar-refractivity contribution in [3.8, 4) is 17.1 Å². The standard InChI is InChI=1S/C11H11ClN2O/c1-2-15-11-9(12)10(13-14-11)8-6-4-3-5-7-8/h3-7H,2H2,1H3,(H,13,14). The second-order valence-corrected chi connectivity index (χ2v) is 3.39. The molecule has 0 bridgehead atoms. The van der Waals surface area contributed by atoms with Crippen LogP contribution < -0.4 is 4.74 Å². The molecular formula is C11H11ClN2O. The molecule has 15 heavy (non-hydrogen) atoms. The van der Waals surface area contributed by atoms with E-state index in [9.17, 15) is 0 Å². The highest BCUT2D eigenvalue weighted by Gasteiger charge is 2.12. The summed E-state index contributed by atoms with van der Waals surface area (Å²) in [4.78, 5) is 0. The van der Waals surface area contributed by atoms with Crippen molar-refractivity contribution in [2.75, 3.05) is 6.61 Å². The Morgan fingerprint density at radius 3 is 2.73 bits per heavy atom. The van der Waals surface area contributed by atoms with Crippen molar-refractivity contribution in [1.29, 1.82) is 0 Å². The van der Waals surface area contributed by atoms with Gasteiger partial charge in [0.25, 0.3) is 5.88 Å². The highest BCUT2D eigenvalue weighted by molar-refractivity contribution is 6.34. The number of hydrogen-bond donors (Lipinski definition) is 1. The van der Waals surface area contributed by atoms with Crippen molar-refractivity contribution >= 4 is 11.6 Å². The van der Waals surface area contributed by atoms with E-state index in [1.54, 1.807) is 0 Å². The first-order valence-corrected chi connectivity index (χ1v) is 5.12. The highest BCUT2D eigenvalue weighted by Crippen LogP contribution is 2.32. The molecule has 0 aliphatic heterocycles. The van der Waals surface area contributed by atoms with Crippen molar-refractivity contribution in [2.24, 2.45) is 0 Å². The van der Waals surface area contributed by atoms with Crippen LogP contribution in [0.5, 0.6) is 5.88 Å². The molecule has 4 heteroatoms. The number of hydrogen-bond acceptors (Lipinski definition) is 2. The molecule has 0 saturated carbocycles. The Morgan fingerprint density at radius 2 is 2.07 bits per heavy atom. The summed E-state index contributed by atoms with van der Waals surface area (Å²) in [5.41, 5.74) is 1.79. The van der Waals surface area contributed by atoms with Crippen LogP contribution in [0.15, 0.2) is 30.3 Å². The van der Waals surface area contributed by atoms with E-state index < -0.39 is 0 Å². The summed E-state index contributed by atoms with van der Waals surface area (Å²) in [5.74, 6) is 0.456. The monoisotopic (exact) mass is 222 g/mol. The lowest BCUT2D eigenvalue weighted by molar-refractivity contribution is 0.326. The number of nitrogens with one attached hydrogen (secondary N) is 1. The van der Waals surface area contributed by atoms with Gasteiger partial charge >= 0.3 is 0 Å². The number of aromatic amines is 1. The van der Waals surface area contributed by atoms with Gasteiger partial charge < -0.3 is 4.74 Å². The molecule has 1 heterocycles. The molecule has 2 rings (SSSR count). The van der Waals surface area contributed by atoms with Crippen LogP contribution >= 0.6 is 11.6 Å². The average molecular weight is 223 g/mol. The minimum Gasteiger partial charge on any atom is -0.476 e. The van der Waals surface area contributed by atoms with Gasteiger partial charge in [-0.2, -0.15) is 0 Å². The number of nitrogens with zero attached hydrogens (tertiary/aromatic N) is 1. The SMILES string of the molecule is CCOc1n[nH]c(-c2ccccc2)c1Cl. The molecule has 2 aromatic rings. The van der Waals surface area contributed by atoms with Gasteiger partial charge in [0.15, 0.2) is 0 Å². The predicted molar refractivity (Wildman–Crippen MR) is 60.2 cm³/mol. The van der Waals surface area contributed by atoms with E-state index >= 15 is 0 Å². The maximum atomic E-state index is 6.12. The quantitative estimate of drug-likeness (QED) is 0.867. The van der Waals surface area contributed by atoms with E-state index in [1.807, 2.05) is 37.3 Å². The Morgan fingerprint density at radius 1 is 1.33 bits per heavy atom. The maximum absolute atomic E-state index is 6.12. The molecular weight excluding hydrogens is 212 g/mol. The molecule has 1 aromatic heterocycles. The first-order valence-electron chi connectivity index (χ1n) is 4.75. The molecule has 0 atom stereocenters. The van der Waals surface area contributed by atoms with Crippen LogP contribution in [0.2, 0.25) is 5.02 Å². The highest BCUT2D eigenvalue weighted by atomic mass is 35.5. The fourth-order valence-electron chi connectivity index (χ4n) is 1.34.